The van der Waals surface area contributed by atoms with Gasteiger partial charge in [0.2, 0.25) is 0 Å². The Bertz CT molecular complexity index is 465. The monoisotopic (exact) mass is 301 g/mol. The minimum absolute atomic E-state index is 0.267. The molecule has 1 aromatic rings. The molecule has 0 radical (unpaired) electrons. The topological polar surface area (TPSA) is 67.8 Å². The molecule has 0 amide bonds. The van der Waals surface area contributed by atoms with Crippen LogP contribution < -0.4 is 14.8 Å². The third-order valence-corrected chi connectivity index (χ3v) is 3.06. The molecule has 0 aliphatic heterocycles. The summed E-state index contributed by atoms with van der Waals surface area (Å²) >= 11 is 6.17. The Hall–Kier alpha value is -1.46. The van der Waals surface area contributed by atoms with Crippen LogP contribution in [0.3, 0.4) is 0 Å². The fraction of sp³-hybridized carbons (Fsp3) is 0.500. The predicted molar refractivity (Wildman–Crippen MR) is 77.7 cm³/mol. The third-order valence-electron chi connectivity index (χ3n) is 2.77. The first-order valence-corrected chi connectivity index (χ1v) is 6.87. The van der Waals surface area contributed by atoms with Crippen molar-refractivity contribution in [3.05, 3.63) is 22.7 Å². The summed E-state index contributed by atoms with van der Waals surface area (Å²) in [4.78, 5) is 11.0. The quantitative estimate of drug-likeness (QED) is 0.773. The number of nitrogens with one attached hydrogen (secondary N) is 1. The molecule has 2 N–H and O–H groups in total. The van der Waals surface area contributed by atoms with Gasteiger partial charge in [0.25, 0.3) is 0 Å². The highest BCUT2D eigenvalue weighted by atomic mass is 35.5. The highest BCUT2D eigenvalue weighted by Gasteiger charge is 2.21. The van der Waals surface area contributed by atoms with Gasteiger partial charge in [-0.3, -0.25) is 0 Å². The van der Waals surface area contributed by atoms with Gasteiger partial charge in [0.05, 0.1) is 12.1 Å². The van der Waals surface area contributed by atoms with E-state index in [9.17, 15) is 4.79 Å². The fourth-order valence-electron chi connectivity index (χ4n) is 1.71. The zero-order chi connectivity index (χ0) is 15.1. The first-order chi connectivity index (χ1) is 9.53. The molecule has 0 aliphatic carbocycles. The lowest BCUT2D eigenvalue weighted by molar-refractivity contribution is -0.145. The Labute approximate surface area is 123 Å². The second-order valence-electron chi connectivity index (χ2n) is 4.24. The maximum absolute atomic E-state index is 11.0. The Balaban J connectivity index is 3.03. The summed E-state index contributed by atoms with van der Waals surface area (Å²) in [5.74, 6) is -0.323. The number of hydrogen-bond donors (Lipinski definition) is 2. The third kappa shape index (κ3) is 4.28. The summed E-state index contributed by atoms with van der Waals surface area (Å²) in [6.45, 7) is 5.24. The van der Waals surface area contributed by atoms with E-state index < -0.39 is 12.1 Å². The summed E-state index contributed by atoms with van der Waals surface area (Å²) in [5, 5.41) is 12.6. The van der Waals surface area contributed by atoms with Crippen LogP contribution in [0.4, 0.5) is 0 Å². The summed E-state index contributed by atoms with van der Waals surface area (Å²) in [6, 6.07) is 3.54. The number of rotatable bonds is 8. The van der Waals surface area contributed by atoms with Crippen LogP contribution in [0.25, 0.3) is 0 Å². The SMILES string of the molecule is CCNCc1cc(Cl)c(OC(CC)C(=O)O)c(OC)c1. The van der Waals surface area contributed by atoms with E-state index in [1.54, 1.807) is 19.1 Å². The first-order valence-electron chi connectivity index (χ1n) is 6.50. The Morgan fingerprint density at radius 2 is 2.15 bits per heavy atom. The lowest BCUT2D eigenvalue weighted by Gasteiger charge is -2.18. The number of hydrogen-bond acceptors (Lipinski definition) is 4. The molecular weight excluding hydrogens is 282 g/mol. The van der Waals surface area contributed by atoms with Gasteiger partial charge in [0.15, 0.2) is 17.6 Å². The average Bonchev–Trinajstić information content (AvgIpc) is 2.42. The number of carboxylic acids is 1. The molecule has 0 spiro atoms. The molecule has 0 fully saturated rings. The van der Waals surface area contributed by atoms with Crippen molar-refractivity contribution >= 4 is 17.6 Å². The van der Waals surface area contributed by atoms with Crippen LogP contribution in [-0.2, 0) is 11.3 Å². The van der Waals surface area contributed by atoms with Crippen molar-refractivity contribution < 1.29 is 19.4 Å². The van der Waals surface area contributed by atoms with Gasteiger partial charge >= 0.3 is 5.97 Å². The summed E-state index contributed by atoms with van der Waals surface area (Å²) in [7, 11) is 1.50. The van der Waals surface area contributed by atoms with E-state index in [0.717, 1.165) is 12.1 Å². The van der Waals surface area contributed by atoms with Crippen LogP contribution in [0.1, 0.15) is 25.8 Å². The van der Waals surface area contributed by atoms with Gasteiger partial charge in [0, 0.05) is 6.54 Å². The van der Waals surface area contributed by atoms with Crippen LogP contribution >= 0.6 is 11.6 Å². The van der Waals surface area contributed by atoms with E-state index >= 15 is 0 Å². The molecule has 0 saturated carbocycles. The van der Waals surface area contributed by atoms with Gasteiger partial charge in [-0.25, -0.2) is 4.79 Å². The molecule has 0 aliphatic rings. The molecule has 1 unspecified atom stereocenters. The molecule has 5 nitrogen and oxygen atoms in total. The minimum atomic E-state index is -1.03. The lowest BCUT2D eigenvalue weighted by Crippen LogP contribution is -2.26. The van der Waals surface area contributed by atoms with Crippen LogP contribution in [0, 0.1) is 0 Å². The van der Waals surface area contributed by atoms with Crippen LogP contribution in [0.2, 0.25) is 5.02 Å². The molecule has 1 atom stereocenters. The molecule has 1 rings (SSSR count). The largest absolute Gasteiger partial charge is 0.493 e. The van der Waals surface area contributed by atoms with Gasteiger partial charge in [0.1, 0.15) is 0 Å². The van der Waals surface area contributed by atoms with E-state index in [1.807, 2.05) is 6.92 Å². The van der Waals surface area contributed by atoms with Crippen LogP contribution in [-0.4, -0.2) is 30.8 Å². The molecule has 0 aromatic heterocycles. The van der Waals surface area contributed by atoms with Crippen molar-refractivity contribution in [2.24, 2.45) is 0 Å². The number of carboxylic acid groups (broad SMARTS) is 1. The predicted octanol–water partition coefficient (Wildman–Crippen LogP) is 2.70. The fourth-order valence-corrected chi connectivity index (χ4v) is 1.99. The number of halogens is 1. The highest BCUT2D eigenvalue weighted by molar-refractivity contribution is 6.32. The molecule has 20 heavy (non-hydrogen) atoms. The van der Waals surface area contributed by atoms with Crippen molar-refractivity contribution in [2.75, 3.05) is 13.7 Å². The summed E-state index contributed by atoms with van der Waals surface area (Å²) in [6.07, 6.45) is -0.602. The number of benzene rings is 1. The van der Waals surface area contributed by atoms with E-state index in [4.69, 9.17) is 26.2 Å². The number of carbonyl (C=O) groups is 1. The van der Waals surface area contributed by atoms with Gasteiger partial charge in [-0.05, 0) is 30.7 Å². The van der Waals surface area contributed by atoms with E-state index in [2.05, 4.69) is 5.32 Å². The molecule has 0 heterocycles. The van der Waals surface area contributed by atoms with E-state index in [1.165, 1.54) is 7.11 Å². The number of ether oxygens (including phenoxy) is 2. The molecule has 112 valence electrons. The van der Waals surface area contributed by atoms with Gasteiger partial charge in [-0.15, -0.1) is 0 Å². The van der Waals surface area contributed by atoms with Crippen molar-refractivity contribution in [2.45, 2.75) is 32.9 Å². The standard InChI is InChI=1S/C14H20ClNO4/c1-4-11(14(17)18)20-13-10(15)6-9(8-16-5-2)7-12(13)19-3/h6-7,11,16H,4-5,8H2,1-3H3,(H,17,18). The van der Waals surface area contributed by atoms with Gasteiger partial charge in [-0.2, -0.15) is 0 Å². The normalized spacial score (nSPS) is 12.0. The van der Waals surface area contributed by atoms with Crippen molar-refractivity contribution in [3.63, 3.8) is 0 Å². The summed E-state index contributed by atoms with van der Waals surface area (Å²) in [5.41, 5.74) is 0.949. The highest BCUT2D eigenvalue weighted by Crippen LogP contribution is 2.37. The van der Waals surface area contributed by atoms with Crippen LogP contribution in [0.5, 0.6) is 11.5 Å². The van der Waals surface area contributed by atoms with Crippen LogP contribution in [0.15, 0.2) is 12.1 Å². The Kier molecular flexibility index (Phi) is 6.61. The molecular formula is C14H20ClNO4. The van der Waals surface area contributed by atoms with Crippen molar-refractivity contribution in [1.29, 1.82) is 0 Å². The molecule has 0 bridgehead atoms. The number of aliphatic carboxylic acids is 1. The van der Waals surface area contributed by atoms with Crippen molar-refractivity contribution in [1.82, 2.24) is 5.32 Å². The second kappa shape index (κ2) is 7.97. The maximum atomic E-state index is 11.0. The van der Waals surface area contributed by atoms with Gasteiger partial charge < -0.3 is 19.9 Å². The first kappa shape index (κ1) is 16.6. The smallest absolute Gasteiger partial charge is 0.344 e. The average molecular weight is 302 g/mol. The zero-order valence-electron chi connectivity index (χ0n) is 11.9. The molecule has 1 aromatic carbocycles. The minimum Gasteiger partial charge on any atom is -0.493 e. The second-order valence-corrected chi connectivity index (χ2v) is 4.65. The Morgan fingerprint density at radius 1 is 1.45 bits per heavy atom. The Morgan fingerprint density at radius 3 is 2.65 bits per heavy atom. The van der Waals surface area contributed by atoms with Gasteiger partial charge in [-0.1, -0.05) is 25.4 Å². The zero-order valence-corrected chi connectivity index (χ0v) is 12.7. The van der Waals surface area contributed by atoms with E-state index in [-0.39, 0.29) is 5.75 Å². The molecule has 0 saturated heterocycles. The number of methoxy groups -OCH3 is 1. The van der Waals surface area contributed by atoms with E-state index in [0.29, 0.717) is 23.7 Å². The molecule has 6 heteroatoms. The van der Waals surface area contributed by atoms with Crippen molar-refractivity contribution in [3.8, 4) is 11.5 Å². The lowest BCUT2D eigenvalue weighted by atomic mass is 10.2. The maximum Gasteiger partial charge on any atom is 0.344 e. The summed E-state index contributed by atoms with van der Waals surface area (Å²) < 4.78 is 10.7.